The Kier molecular flexibility index (Phi) is 5.44. The third kappa shape index (κ3) is 4.64. The summed E-state index contributed by atoms with van der Waals surface area (Å²) in [4.78, 5) is 12.0. The van der Waals surface area contributed by atoms with Gasteiger partial charge in [-0.25, -0.2) is 0 Å². The topological polar surface area (TPSA) is 47.6 Å². The maximum Gasteiger partial charge on any atom is 0.244 e. The predicted molar refractivity (Wildman–Crippen MR) is 90.9 cm³/mol. The van der Waals surface area contributed by atoms with Crippen LogP contribution in [0.15, 0.2) is 24.3 Å². The van der Waals surface area contributed by atoms with E-state index in [-0.39, 0.29) is 11.5 Å². The van der Waals surface area contributed by atoms with E-state index in [0.717, 1.165) is 18.4 Å². The molecule has 1 fully saturated rings. The van der Waals surface area contributed by atoms with Gasteiger partial charge in [0.05, 0.1) is 6.61 Å². The van der Waals surface area contributed by atoms with E-state index < -0.39 is 0 Å². The molecule has 1 saturated carbocycles. The number of hydrogen-bond acceptors (Lipinski definition) is 3. The third-order valence-corrected chi connectivity index (χ3v) is 4.51. The molecule has 3 rings (SSSR count). The molecular formula is C18H22ClNO3. The van der Waals surface area contributed by atoms with Gasteiger partial charge in [-0.05, 0) is 36.6 Å². The van der Waals surface area contributed by atoms with Crippen LogP contribution in [0, 0.1) is 0 Å². The zero-order valence-electron chi connectivity index (χ0n) is 13.1. The van der Waals surface area contributed by atoms with Gasteiger partial charge in [0, 0.05) is 18.5 Å². The molecule has 1 aliphatic heterocycles. The normalized spacial score (nSPS) is 21.9. The minimum atomic E-state index is -0.384. The van der Waals surface area contributed by atoms with Gasteiger partial charge < -0.3 is 14.8 Å². The average molecular weight is 336 g/mol. The Hall–Kier alpha value is -1.68. The number of fused-ring (bicyclic) bond motifs is 1. The first kappa shape index (κ1) is 16.2. The molecule has 1 unspecified atom stereocenters. The fraction of sp³-hybridized carbons (Fsp3) is 0.500. The van der Waals surface area contributed by atoms with Crippen molar-refractivity contribution in [2.75, 3.05) is 6.61 Å². The number of halogens is 1. The summed E-state index contributed by atoms with van der Waals surface area (Å²) in [5.41, 5.74) is 0.502. The Morgan fingerprint density at radius 3 is 2.83 bits per heavy atom. The monoisotopic (exact) mass is 335 g/mol. The molecule has 1 amide bonds. The van der Waals surface area contributed by atoms with Crippen LogP contribution in [0.5, 0.6) is 11.5 Å². The summed E-state index contributed by atoms with van der Waals surface area (Å²) in [5.74, 6) is 1.27. The highest BCUT2D eigenvalue weighted by atomic mass is 35.5. The van der Waals surface area contributed by atoms with Crippen LogP contribution in [0.3, 0.4) is 0 Å². The van der Waals surface area contributed by atoms with E-state index in [4.69, 9.17) is 21.1 Å². The molecule has 0 bridgehead atoms. The summed E-state index contributed by atoms with van der Waals surface area (Å²) in [6, 6.07) is 5.92. The van der Waals surface area contributed by atoms with Crippen LogP contribution in [0.2, 0.25) is 0 Å². The number of amides is 1. The highest BCUT2D eigenvalue weighted by Crippen LogP contribution is 2.33. The summed E-state index contributed by atoms with van der Waals surface area (Å²) < 4.78 is 11.2. The number of nitrogens with one attached hydrogen (secondary N) is 1. The van der Waals surface area contributed by atoms with E-state index in [1.54, 1.807) is 12.2 Å². The molecule has 0 radical (unpaired) electrons. The van der Waals surface area contributed by atoms with E-state index in [1.165, 1.54) is 19.3 Å². The predicted octanol–water partition coefficient (Wildman–Crippen LogP) is 3.87. The van der Waals surface area contributed by atoms with Gasteiger partial charge in [-0.15, -0.1) is 0 Å². The van der Waals surface area contributed by atoms with Crippen LogP contribution in [0.4, 0.5) is 0 Å². The Balaban J connectivity index is 1.61. The van der Waals surface area contributed by atoms with E-state index >= 15 is 0 Å². The second-order valence-corrected chi connectivity index (χ2v) is 6.53. The average Bonchev–Trinajstić information content (AvgIpc) is 2.74. The summed E-state index contributed by atoms with van der Waals surface area (Å²) in [7, 11) is 0. The fourth-order valence-corrected chi connectivity index (χ4v) is 3.15. The second-order valence-electron chi connectivity index (χ2n) is 6.05. The van der Waals surface area contributed by atoms with Crippen molar-refractivity contribution in [2.24, 2.45) is 0 Å². The highest BCUT2D eigenvalue weighted by molar-refractivity contribution is 6.19. The summed E-state index contributed by atoms with van der Waals surface area (Å²) in [6.07, 6.45) is 9.86. The molecule has 1 heterocycles. The number of hydrogen-bond donors (Lipinski definition) is 1. The van der Waals surface area contributed by atoms with Gasteiger partial charge >= 0.3 is 0 Å². The molecule has 2 aliphatic rings. The lowest BCUT2D eigenvalue weighted by Gasteiger charge is -2.21. The van der Waals surface area contributed by atoms with Gasteiger partial charge in [-0.3, -0.25) is 4.79 Å². The SMILES string of the molecule is O=C(C=Cc1ccc2c(c1)OC(Cl)CCO2)NC1CCCCC1. The van der Waals surface area contributed by atoms with Gasteiger partial charge in [0.15, 0.2) is 17.1 Å². The first-order valence-electron chi connectivity index (χ1n) is 8.27. The minimum absolute atomic E-state index is 0.0424. The van der Waals surface area contributed by atoms with E-state index in [0.29, 0.717) is 30.6 Å². The van der Waals surface area contributed by atoms with E-state index in [1.807, 2.05) is 18.2 Å². The van der Waals surface area contributed by atoms with Crippen molar-refractivity contribution < 1.29 is 14.3 Å². The first-order chi connectivity index (χ1) is 11.2. The summed E-state index contributed by atoms with van der Waals surface area (Å²) >= 11 is 6.05. The summed E-state index contributed by atoms with van der Waals surface area (Å²) in [5, 5.41) is 3.07. The van der Waals surface area contributed by atoms with Gasteiger partial charge in [0.25, 0.3) is 0 Å². The molecule has 0 aromatic heterocycles. The zero-order chi connectivity index (χ0) is 16.1. The number of alkyl halides is 1. The zero-order valence-corrected chi connectivity index (χ0v) is 13.8. The Morgan fingerprint density at radius 2 is 2.00 bits per heavy atom. The molecule has 23 heavy (non-hydrogen) atoms. The fourth-order valence-electron chi connectivity index (χ4n) is 2.97. The van der Waals surface area contributed by atoms with Gasteiger partial charge in [0.1, 0.15) is 0 Å². The third-order valence-electron chi connectivity index (χ3n) is 4.20. The van der Waals surface area contributed by atoms with Crippen molar-refractivity contribution in [1.29, 1.82) is 0 Å². The largest absolute Gasteiger partial charge is 0.490 e. The van der Waals surface area contributed by atoms with Crippen molar-refractivity contribution in [1.82, 2.24) is 5.32 Å². The maximum atomic E-state index is 12.0. The summed E-state index contributed by atoms with van der Waals surface area (Å²) in [6.45, 7) is 0.542. The molecule has 4 nitrogen and oxygen atoms in total. The van der Waals surface area contributed by atoms with Crippen molar-refractivity contribution in [3.8, 4) is 11.5 Å². The quantitative estimate of drug-likeness (QED) is 0.673. The van der Waals surface area contributed by atoms with Crippen LogP contribution in [-0.4, -0.2) is 24.1 Å². The Labute approximate surface area is 141 Å². The van der Waals surface area contributed by atoms with Crippen molar-refractivity contribution in [3.63, 3.8) is 0 Å². The molecule has 124 valence electrons. The second kappa shape index (κ2) is 7.73. The first-order valence-corrected chi connectivity index (χ1v) is 8.70. The maximum absolute atomic E-state index is 12.0. The number of benzene rings is 1. The van der Waals surface area contributed by atoms with Gasteiger partial charge in [0.2, 0.25) is 5.91 Å². The molecule has 1 aromatic carbocycles. The van der Waals surface area contributed by atoms with Crippen LogP contribution in [-0.2, 0) is 4.79 Å². The smallest absolute Gasteiger partial charge is 0.244 e. The lowest BCUT2D eigenvalue weighted by Crippen LogP contribution is -2.34. The van der Waals surface area contributed by atoms with Crippen molar-refractivity contribution >= 4 is 23.6 Å². The standard InChI is InChI=1S/C18H22ClNO3/c19-17-10-11-22-15-8-6-13(12-16(15)23-17)7-9-18(21)20-14-4-2-1-3-5-14/h6-9,12,14,17H,1-5,10-11H2,(H,20,21). The molecule has 1 aliphatic carbocycles. The molecule has 1 N–H and O–H groups in total. The number of rotatable bonds is 3. The number of ether oxygens (including phenoxy) is 2. The van der Waals surface area contributed by atoms with Crippen LogP contribution < -0.4 is 14.8 Å². The molecule has 0 saturated heterocycles. The van der Waals surface area contributed by atoms with Gasteiger partial charge in [-0.2, -0.15) is 0 Å². The van der Waals surface area contributed by atoms with Crippen molar-refractivity contribution in [3.05, 3.63) is 29.8 Å². The minimum Gasteiger partial charge on any atom is -0.490 e. The van der Waals surface area contributed by atoms with E-state index in [2.05, 4.69) is 5.32 Å². The Bertz CT molecular complexity index is 582. The lowest BCUT2D eigenvalue weighted by atomic mass is 9.95. The number of carbonyl (C=O) groups is 1. The highest BCUT2D eigenvalue weighted by Gasteiger charge is 2.17. The number of carbonyl (C=O) groups excluding carboxylic acids is 1. The molecular weight excluding hydrogens is 314 g/mol. The van der Waals surface area contributed by atoms with Crippen LogP contribution in [0.25, 0.3) is 6.08 Å². The van der Waals surface area contributed by atoms with Gasteiger partial charge in [-0.1, -0.05) is 36.9 Å². The van der Waals surface area contributed by atoms with Crippen LogP contribution in [0.1, 0.15) is 44.1 Å². The lowest BCUT2D eigenvalue weighted by molar-refractivity contribution is -0.117. The van der Waals surface area contributed by atoms with Crippen LogP contribution >= 0.6 is 11.6 Å². The molecule has 1 atom stereocenters. The van der Waals surface area contributed by atoms with Crippen molar-refractivity contribution in [2.45, 2.75) is 50.1 Å². The molecule has 1 aromatic rings. The van der Waals surface area contributed by atoms with E-state index in [9.17, 15) is 4.79 Å². The molecule has 5 heteroatoms. The molecule has 0 spiro atoms. The Morgan fingerprint density at radius 1 is 1.17 bits per heavy atom.